The zero-order valence-corrected chi connectivity index (χ0v) is 20.8. The van der Waals surface area contributed by atoms with Crippen LogP contribution < -0.4 is 10.9 Å². The number of benzene rings is 4. The summed E-state index contributed by atoms with van der Waals surface area (Å²) in [6, 6.07) is 19.8. The van der Waals surface area contributed by atoms with Crippen LogP contribution >= 0.6 is 0 Å². The van der Waals surface area contributed by atoms with Gasteiger partial charge in [-0.15, -0.1) is 0 Å². The molecule has 0 aliphatic heterocycles. The third kappa shape index (κ3) is 4.79. The van der Waals surface area contributed by atoms with E-state index in [1.54, 1.807) is 36.4 Å². The van der Waals surface area contributed by atoms with Crippen molar-refractivity contribution in [3.05, 3.63) is 99.3 Å². The highest BCUT2D eigenvalue weighted by Gasteiger charge is 2.21. The first kappa shape index (κ1) is 26.5. The van der Waals surface area contributed by atoms with Gasteiger partial charge in [-0.25, -0.2) is 0 Å². The van der Waals surface area contributed by atoms with Gasteiger partial charge in [0.2, 0.25) is 22.4 Å². The van der Waals surface area contributed by atoms with Crippen LogP contribution in [-0.2, 0) is 0 Å². The molecule has 2 heterocycles. The number of para-hydroxylation sites is 1. The number of hydrogen-bond donors (Lipinski definition) is 7. The fraction of sp³-hybridized carbons (Fsp3) is 0. The van der Waals surface area contributed by atoms with Gasteiger partial charge in [0.1, 0.15) is 28.1 Å². The lowest BCUT2D eigenvalue weighted by Gasteiger charge is -2.09. The highest BCUT2D eigenvalue weighted by molar-refractivity contribution is 5.88. The third-order valence-electron chi connectivity index (χ3n) is 6.08. The van der Waals surface area contributed by atoms with Crippen molar-refractivity contribution in [3.63, 3.8) is 0 Å². The van der Waals surface area contributed by atoms with Gasteiger partial charge in [-0.3, -0.25) is 9.59 Å². The summed E-state index contributed by atoms with van der Waals surface area (Å²) in [5, 5.41) is 67.5. The molecule has 0 saturated carbocycles. The fourth-order valence-electron chi connectivity index (χ4n) is 4.12. The second-order valence-electron chi connectivity index (χ2n) is 8.78. The average Bonchev–Trinajstić information content (AvgIpc) is 2.95. The van der Waals surface area contributed by atoms with E-state index < -0.39 is 45.4 Å². The van der Waals surface area contributed by atoms with Gasteiger partial charge in [-0.1, -0.05) is 42.5 Å². The number of hydrogen-bond acceptors (Lipinski definition) is 11. The Kier molecular flexibility index (Phi) is 6.61. The first-order valence-electron chi connectivity index (χ1n) is 11.8. The van der Waals surface area contributed by atoms with E-state index in [0.29, 0.717) is 16.5 Å². The smallest absolute Gasteiger partial charge is 0.238 e. The quantitative estimate of drug-likeness (QED) is 0.144. The Morgan fingerprint density at radius 3 is 1.73 bits per heavy atom. The highest BCUT2D eigenvalue weighted by Crippen LogP contribution is 2.42. The number of aromatic hydroxyl groups is 7. The molecule has 0 atom stereocenters. The van der Waals surface area contributed by atoms with Crippen LogP contribution in [0.4, 0.5) is 0 Å². The summed E-state index contributed by atoms with van der Waals surface area (Å²) >= 11 is 0. The molecule has 2 aromatic heterocycles. The van der Waals surface area contributed by atoms with Crippen molar-refractivity contribution in [1.82, 2.24) is 0 Å². The lowest BCUT2D eigenvalue weighted by Crippen LogP contribution is -2.03. The number of fused-ring (bicyclic) bond motifs is 2. The van der Waals surface area contributed by atoms with Crippen molar-refractivity contribution >= 4 is 21.9 Å². The van der Waals surface area contributed by atoms with Crippen LogP contribution in [0.25, 0.3) is 44.6 Å². The van der Waals surface area contributed by atoms with Gasteiger partial charge in [0.15, 0.2) is 28.8 Å². The Balaban J connectivity index is 0.000000169. The highest BCUT2D eigenvalue weighted by atomic mass is 16.4. The first-order chi connectivity index (χ1) is 19.6. The molecule has 7 N–H and O–H groups in total. The van der Waals surface area contributed by atoms with Gasteiger partial charge in [0.05, 0.1) is 5.39 Å². The fourth-order valence-corrected chi connectivity index (χ4v) is 4.12. The Morgan fingerprint density at radius 1 is 0.488 bits per heavy atom. The lowest BCUT2D eigenvalue weighted by atomic mass is 10.1. The first-order valence-corrected chi connectivity index (χ1v) is 11.8. The molecule has 0 saturated heterocycles. The Morgan fingerprint density at radius 2 is 1.05 bits per heavy atom. The molecule has 11 heteroatoms. The number of phenolic OH excluding ortho intramolecular Hbond substituents is 5. The predicted octanol–water partition coefficient (Wildman–Crippen LogP) is 4.86. The maximum atomic E-state index is 12.2. The Bertz CT molecular complexity index is 2040. The normalized spacial score (nSPS) is 10.8. The van der Waals surface area contributed by atoms with Gasteiger partial charge in [0, 0.05) is 23.3 Å². The second kappa shape index (κ2) is 10.2. The summed E-state index contributed by atoms with van der Waals surface area (Å²) in [5.41, 5.74) is -0.539. The molecule has 0 bridgehead atoms. The molecule has 0 aliphatic rings. The number of rotatable bonds is 2. The zero-order chi connectivity index (χ0) is 29.4. The molecule has 0 amide bonds. The monoisotopic (exact) mass is 556 g/mol. The van der Waals surface area contributed by atoms with Crippen LogP contribution in [-0.4, -0.2) is 35.7 Å². The molecule has 6 rings (SSSR count). The molecule has 4 aromatic carbocycles. The van der Waals surface area contributed by atoms with Gasteiger partial charge >= 0.3 is 0 Å². The molecule has 0 radical (unpaired) electrons. The molecule has 206 valence electrons. The molecule has 11 nitrogen and oxygen atoms in total. The maximum Gasteiger partial charge on any atom is 0.238 e. The second-order valence-corrected chi connectivity index (χ2v) is 8.78. The molecular formula is C30H20O11. The van der Waals surface area contributed by atoms with Crippen LogP contribution in [0.1, 0.15) is 0 Å². The van der Waals surface area contributed by atoms with E-state index in [-0.39, 0.29) is 33.8 Å². The molecule has 41 heavy (non-hydrogen) atoms. The zero-order valence-electron chi connectivity index (χ0n) is 20.8. The van der Waals surface area contributed by atoms with Crippen molar-refractivity contribution in [2.24, 2.45) is 0 Å². The van der Waals surface area contributed by atoms with Gasteiger partial charge in [-0.05, 0) is 24.3 Å². The Hall–Kier alpha value is -6.10. The van der Waals surface area contributed by atoms with Crippen molar-refractivity contribution in [3.8, 4) is 62.9 Å². The Labute approximate surface area is 228 Å². The van der Waals surface area contributed by atoms with Crippen molar-refractivity contribution in [1.29, 1.82) is 0 Å². The van der Waals surface area contributed by atoms with Crippen LogP contribution in [0, 0.1) is 0 Å². The maximum absolute atomic E-state index is 12.2. The molecule has 0 spiro atoms. The van der Waals surface area contributed by atoms with E-state index in [4.69, 9.17) is 8.83 Å². The van der Waals surface area contributed by atoms with Crippen LogP contribution in [0.5, 0.6) is 40.2 Å². The topological polar surface area (TPSA) is 202 Å². The summed E-state index contributed by atoms with van der Waals surface area (Å²) in [5.74, 6) is -4.54. The van der Waals surface area contributed by atoms with Gasteiger partial charge in [0.25, 0.3) is 0 Å². The molecule has 0 unspecified atom stereocenters. The van der Waals surface area contributed by atoms with Crippen LogP contribution in [0.15, 0.2) is 97.3 Å². The number of phenols is 5. The van der Waals surface area contributed by atoms with Crippen LogP contribution in [0.3, 0.4) is 0 Å². The predicted molar refractivity (Wildman–Crippen MR) is 147 cm³/mol. The van der Waals surface area contributed by atoms with E-state index in [0.717, 1.165) is 24.3 Å². The van der Waals surface area contributed by atoms with Crippen molar-refractivity contribution < 1.29 is 44.6 Å². The van der Waals surface area contributed by atoms with E-state index in [2.05, 4.69) is 0 Å². The molecular weight excluding hydrogens is 536 g/mol. The van der Waals surface area contributed by atoms with Crippen molar-refractivity contribution in [2.75, 3.05) is 0 Å². The summed E-state index contributed by atoms with van der Waals surface area (Å²) in [6.07, 6.45) is 0. The average molecular weight is 556 g/mol. The summed E-state index contributed by atoms with van der Waals surface area (Å²) < 4.78 is 10.9. The SMILES string of the molecule is O=c1c(O)c(-c2cc(O)c(O)c(O)c2)oc2cc(O)cc(O)c12.O=c1c(O)c(-c2ccccc2)oc2ccccc12. The summed E-state index contributed by atoms with van der Waals surface area (Å²) in [6.45, 7) is 0. The van der Waals surface area contributed by atoms with Gasteiger partial charge in [-0.2, -0.15) is 0 Å². The van der Waals surface area contributed by atoms with E-state index >= 15 is 0 Å². The summed E-state index contributed by atoms with van der Waals surface area (Å²) in [7, 11) is 0. The van der Waals surface area contributed by atoms with E-state index in [9.17, 15) is 45.3 Å². The van der Waals surface area contributed by atoms with Gasteiger partial charge < -0.3 is 44.6 Å². The summed E-state index contributed by atoms with van der Waals surface area (Å²) in [4.78, 5) is 24.2. The molecule has 0 aliphatic carbocycles. The minimum atomic E-state index is -0.967. The van der Waals surface area contributed by atoms with Crippen molar-refractivity contribution in [2.45, 2.75) is 0 Å². The third-order valence-corrected chi connectivity index (χ3v) is 6.08. The van der Waals surface area contributed by atoms with Crippen LogP contribution in [0.2, 0.25) is 0 Å². The largest absolute Gasteiger partial charge is 0.508 e. The standard InChI is InChI=1S/C15H10O8.C15H10O3/c16-6-3-7(17)11-10(4-6)23-15(14(22)13(11)21)5-1-8(18)12(20)9(19)2-5;16-13-11-8-4-5-9-12(11)18-15(14(13)17)10-6-2-1-3-7-10/h1-4,16-20,22H;1-9,17H. The minimum absolute atomic E-state index is 0.0999. The molecule has 0 fully saturated rings. The molecule has 6 aromatic rings. The lowest BCUT2D eigenvalue weighted by molar-refractivity contribution is 0.368. The minimum Gasteiger partial charge on any atom is -0.508 e. The van der Waals surface area contributed by atoms with E-state index in [1.165, 1.54) is 0 Å². The van der Waals surface area contributed by atoms with E-state index in [1.807, 2.05) is 18.2 Å².